The number of aromatic nitrogens is 4. The predicted octanol–water partition coefficient (Wildman–Crippen LogP) is 3.93. The molecule has 9 heteroatoms. The lowest BCUT2D eigenvalue weighted by Gasteiger charge is -2.25. The lowest BCUT2D eigenvalue weighted by Crippen LogP contribution is -2.27. The molecule has 0 spiro atoms. The van der Waals surface area contributed by atoms with E-state index in [1.807, 2.05) is 6.07 Å². The number of carbonyl (C=O) groups is 1. The maximum atomic E-state index is 12.9. The molecule has 2 aromatic heterocycles. The first-order valence-electron chi connectivity index (χ1n) is 12.1. The van der Waals surface area contributed by atoms with E-state index < -0.39 is 0 Å². The standard InChI is InChI=1S/C26H32N8O/c1-26(2,3)24-27-11-9-21(32-24)31-22-20(23(35)29-18-7-8-18)14-28-25(33-22)30-19-6-5-16-10-12-34(4)15-17(16)13-19/h5-6,9,11,13-14,18H,7-8,10,12,15H2,1-4H3,(H,29,35)(H2,27,28,30,31,32,33). The van der Waals surface area contributed by atoms with Gasteiger partial charge in [-0.1, -0.05) is 26.8 Å². The highest BCUT2D eigenvalue weighted by Gasteiger charge is 2.26. The zero-order chi connectivity index (χ0) is 24.6. The van der Waals surface area contributed by atoms with Crippen molar-refractivity contribution < 1.29 is 4.79 Å². The maximum absolute atomic E-state index is 12.9. The summed E-state index contributed by atoms with van der Waals surface area (Å²) in [5.74, 6) is 1.90. The average Bonchev–Trinajstić information content (AvgIpc) is 3.62. The van der Waals surface area contributed by atoms with Gasteiger partial charge in [0.05, 0.1) is 0 Å². The molecule has 2 aliphatic rings. The highest BCUT2D eigenvalue weighted by Crippen LogP contribution is 2.27. The first kappa shape index (κ1) is 23.2. The van der Waals surface area contributed by atoms with Gasteiger partial charge in [-0.3, -0.25) is 4.79 Å². The number of carbonyl (C=O) groups excluding carboxylic acids is 1. The quantitative estimate of drug-likeness (QED) is 0.495. The maximum Gasteiger partial charge on any atom is 0.256 e. The molecule has 0 bridgehead atoms. The number of nitrogens with zero attached hydrogens (tertiary/aromatic N) is 5. The van der Waals surface area contributed by atoms with Gasteiger partial charge >= 0.3 is 0 Å². The van der Waals surface area contributed by atoms with Gasteiger partial charge in [-0.25, -0.2) is 15.0 Å². The first-order valence-corrected chi connectivity index (χ1v) is 12.1. The second kappa shape index (κ2) is 9.22. The number of fused-ring (bicyclic) bond motifs is 1. The van der Waals surface area contributed by atoms with Crippen LogP contribution in [0.3, 0.4) is 0 Å². The number of likely N-dealkylation sites (N-methyl/N-ethyl adjacent to an activating group) is 1. The van der Waals surface area contributed by atoms with Crippen LogP contribution in [0.15, 0.2) is 36.7 Å². The van der Waals surface area contributed by atoms with Crippen molar-refractivity contribution in [1.82, 2.24) is 30.2 Å². The van der Waals surface area contributed by atoms with Crippen LogP contribution in [0.25, 0.3) is 0 Å². The molecule has 0 atom stereocenters. The molecule has 3 aromatic rings. The summed E-state index contributed by atoms with van der Waals surface area (Å²) in [6.07, 6.45) is 6.33. The van der Waals surface area contributed by atoms with E-state index in [4.69, 9.17) is 0 Å². The van der Waals surface area contributed by atoms with E-state index in [1.54, 1.807) is 18.5 Å². The second-order valence-electron chi connectivity index (χ2n) is 10.4. The fraction of sp³-hybridized carbons (Fsp3) is 0.423. The van der Waals surface area contributed by atoms with Gasteiger partial charge in [-0.05, 0) is 55.6 Å². The number of benzene rings is 1. The minimum absolute atomic E-state index is 0.191. The Morgan fingerprint density at radius 2 is 1.89 bits per heavy atom. The summed E-state index contributed by atoms with van der Waals surface area (Å²) >= 11 is 0. The van der Waals surface area contributed by atoms with Gasteiger partial charge in [-0.15, -0.1) is 0 Å². The number of hydrogen-bond donors (Lipinski definition) is 3. The van der Waals surface area contributed by atoms with E-state index in [0.717, 1.165) is 38.0 Å². The fourth-order valence-corrected chi connectivity index (χ4v) is 4.01. The third-order valence-corrected chi connectivity index (χ3v) is 6.18. The van der Waals surface area contributed by atoms with E-state index in [9.17, 15) is 4.79 Å². The molecule has 1 fully saturated rings. The third-order valence-electron chi connectivity index (χ3n) is 6.18. The third kappa shape index (κ3) is 5.57. The molecule has 9 nitrogen and oxygen atoms in total. The van der Waals surface area contributed by atoms with E-state index in [2.05, 4.69) is 80.7 Å². The van der Waals surface area contributed by atoms with Gasteiger partial charge in [0.2, 0.25) is 5.95 Å². The van der Waals surface area contributed by atoms with Gasteiger partial charge in [0.1, 0.15) is 23.0 Å². The molecule has 5 rings (SSSR count). The Kier molecular flexibility index (Phi) is 6.10. The molecule has 1 aliphatic heterocycles. The lowest BCUT2D eigenvalue weighted by molar-refractivity contribution is 0.0951. The Morgan fingerprint density at radius 3 is 2.66 bits per heavy atom. The molecule has 1 aromatic carbocycles. The topological polar surface area (TPSA) is 108 Å². The summed E-state index contributed by atoms with van der Waals surface area (Å²) in [7, 11) is 2.13. The summed E-state index contributed by atoms with van der Waals surface area (Å²) in [6, 6.07) is 8.36. The average molecular weight is 473 g/mol. The summed E-state index contributed by atoms with van der Waals surface area (Å²) < 4.78 is 0. The number of anilines is 4. The first-order chi connectivity index (χ1) is 16.7. The van der Waals surface area contributed by atoms with Crippen LogP contribution < -0.4 is 16.0 Å². The highest BCUT2D eigenvalue weighted by atomic mass is 16.1. The van der Waals surface area contributed by atoms with Crippen molar-refractivity contribution in [3.63, 3.8) is 0 Å². The normalized spacial score (nSPS) is 15.9. The Morgan fingerprint density at radius 1 is 1.06 bits per heavy atom. The van der Waals surface area contributed by atoms with E-state index >= 15 is 0 Å². The van der Waals surface area contributed by atoms with Crippen LogP contribution in [-0.4, -0.2) is 50.4 Å². The van der Waals surface area contributed by atoms with Crippen molar-refractivity contribution in [2.75, 3.05) is 24.2 Å². The van der Waals surface area contributed by atoms with Crippen LogP contribution in [0.1, 0.15) is 60.9 Å². The van der Waals surface area contributed by atoms with Crippen molar-refractivity contribution in [3.8, 4) is 0 Å². The molecule has 1 aliphatic carbocycles. The summed E-state index contributed by atoms with van der Waals surface area (Å²) in [6.45, 7) is 8.17. The van der Waals surface area contributed by atoms with Crippen molar-refractivity contribution >= 4 is 29.2 Å². The van der Waals surface area contributed by atoms with E-state index in [-0.39, 0.29) is 17.4 Å². The Labute approximate surface area is 205 Å². The van der Waals surface area contributed by atoms with Gasteiger partial charge in [-0.2, -0.15) is 4.98 Å². The molecule has 0 unspecified atom stereocenters. The van der Waals surface area contributed by atoms with Gasteiger partial charge < -0.3 is 20.9 Å². The second-order valence-corrected chi connectivity index (χ2v) is 10.4. The summed E-state index contributed by atoms with van der Waals surface area (Å²) in [5, 5.41) is 9.56. The van der Waals surface area contributed by atoms with Gasteiger partial charge in [0, 0.05) is 42.6 Å². The fourth-order valence-electron chi connectivity index (χ4n) is 4.01. The zero-order valence-electron chi connectivity index (χ0n) is 20.7. The van der Waals surface area contributed by atoms with Crippen LogP contribution in [-0.2, 0) is 18.4 Å². The molecule has 182 valence electrons. The molecule has 0 saturated heterocycles. The number of hydrogen-bond acceptors (Lipinski definition) is 8. The van der Waals surface area contributed by atoms with E-state index in [0.29, 0.717) is 29.0 Å². The Hall–Kier alpha value is -3.59. The summed E-state index contributed by atoms with van der Waals surface area (Å²) in [4.78, 5) is 33.4. The predicted molar refractivity (Wildman–Crippen MR) is 136 cm³/mol. The minimum atomic E-state index is -0.206. The van der Waals surface area contributed by atoms with Crippen LogP contribution in [0.2, 0.25) is 0 Å². The van der Waals surface area contributed by atoms with Crippen LogP contribution in [0.4, 0.5) is 23.3 Å². The highest BCUT2D eigenvalue weighted by molar-refractivity contribution is 5.99. The molecule has 3 N–H and O–H groups in total. The SMILES string of the molecule is CN1CCc2ccc(Nc3ncc(C(=O)NC4CC4)c(Nc4ccnc(C(C)(C)C)n4)n3)cc2C1. The van der Waals surface area contributed by atoms with Crippen molar-refractivity contribution in [1.29, 1.82) is 0 Å². The molecule has 0 radical (unpaired) electrons. The molecule has 35 heavy (non-hydrogen) atoms. The Bertz CT molecular complexity index is 1250. The Balaban J connectivity index is 1.43. The smallest absolute Gasteiger partial charge is 0.256 e. The molecular formula is C26H32N8O. The number of nitrogens with one attached hydrogen (secondary N) is 3. The minimum Gasteiger partial charge on any atom is -0.349 e. The van der Waals surface area contributed by atoms with Crippen LogP contribution in [0.5, 0.6) is 0 Å². The van der Waals surface area contributed by atoms with E-state index in [1.165, 1.54) is 11.1 Å². The number of rotatable bonds is 6. The number of amides is 1. The van der Waals surface area contributed by atoms with Gasteiger partial charge in [0.15, 0.2) is 0 Å². The molecule has 1 saturated carbocycles. The van der Waals surface area contributed by atoms with Crippen LogP contribution in [0, 0.1) is 0 Å². The lowest BCUT2D eigenvalue weighted by atomic mass is 9.96. The van der Waals surface area contributed by atoms with Crippen molar-refractivity contribution in [3.05, 3.63) is 59.2 Å². The van der Waals surface area contributed by atoms with Gasteiger partial charge in [0.25, 0.3) is 5.91 Å². The molecule has 3 heterocycles. The molecular weight excluding hydrogens is 440 g/mol. The van der Waals surface area contributed by atoms with Crippen molar-refractivity contribution in [2.24, 2.45) is 0 Å². The largest absolute Gasteiger partial charge is 0.349 e. The zero-order valence-corrected chi connectivity index (χ0v) is 20.7. The van der Waals surface area contributed by atoms with Crippen molar-refractivity contribution in [2.45, 2.75) is 58.0 Å². The monoisotopic (exact) mass is 472 g/mol. The molecule has 1 amide bonds. The van der Waals surface area contributed by atoms with Crippen LogP contribution >= 0.6 is 0 Å². The summed E-state index contributed by atoms with van der Waals surface area (Å²) in [5.41, 5.74) is 3.77.